The van der Waals surface area contributed by atoms with Gasteiger partial charge in [-0.2, -0.15) is 5.26 Å². The number of nitrogens with zero attached hydrogens (tertiary/aromatic N) is 5. The second-order valence-corrected chi connectivity index (χ2v) is 10.5. The number of benzene rings is 1. The van der Waals surface area contributed by atoms with E-state index in [-0.39, 0.29) is 28.9 Å². The lowest BCUT2D eigenvalue weighted by Crippen LogP contribution is -2.48. The van der Waals surface area contributed by atoms with E-state index in [2.05, 4.69) is 9.80 Å². The predicted molar refractivity (Wildman–Crippen MR) is 142 cm³/mol. The molecule has 182 valence electrons. The van der Waals surface area contributed by atoms with Gasteiger partial charge in [0.25, 0.3) is 11.5 Å². The number of hydrogen-bond acceptors (Lipinski definition) is 7. The summed E-state index contributed by atoms with van der Waals surface area (Å²) in [6.45, 7) is 8.14. The van der Waals surface area contributed by atoms with Gasteiger partial charge < -0.3 is 9.80 Å². The Kier molecular flexibility index (Phi) is 7.01. The Morgan fingerprint density at radius 3 is 2.26 bits per heavy atom. The number of thioether (sulfide) groups is 1. The lowest BCUT2D eigenvalue weighted by atomic mass is 10.0. The van der Waals surface area contributed by atoms with Gasteiger partial charge in [0.05, 0.1) is 4.91 Å². The molecule has 0 unspecified atom stereocenters. The molecular formula is C25H26FN5O2S2. The summed E-state index contributed by atoms with van der Waals surface area (Å²) < 4.78 is 15.3. The second kappa shape index (κ2) is 9.84. The molecule has 1 aromatic heterocycles. The van der Waals surface area contributed by atoms with Crippen molar-refractivity contribution in [3.63, 3.8) is 0 Å². The van der Waals surface area contributed by atoms with Gasteiger partial charge >= 0.3 is 0 Å². The highest BCUT2D eigenvalue weighted by molar-refractivity contribution is 8.26. The molecular weight excluding hydrogens is 485 g/mol. The van der Waals surface area contributed by atoms with Gasteiger partial charge in [-0.1, -0.05) is 24.0 Å². The smallest absolute Gasteiger partial charge is 0.270 e. The maximum Gasteiger partial charge on any atom is 0.270 e. The highest BCUT2D eigenvalue weighted by Crippen LogP contribution is 2.36. The Bertz CT molecular complexity index is 1320. The molecule has 3 heterocycles. The lowest BCUT2D eigenvalue weighted by molar-refractivity contribution is -0.123. The van der Waals surface area contributed by atoms with Crippen molar-refractivity contribution in [1.29, 1.82) is 5.26 Å². The number of hydrogen-bond donors (Lipinski definition) is 0. The Hall–Kier alpha value is -3.16. The van der Waals surface area contributed by atoms with Crippen molar-refractivity contribution in [2.45, 2.75) is 26.8 Å². The number of nitriles is 1. The molecule has 1 amide bonds. The van der Waals surface area contributed by atoms with E-state index in [0.29, 0.717) is 52.3 Å². The van der Waals surface area contributed by atoms with Crippen LogP contribution in [0.15, 0.2) is 34.0 Å². The van der Waals surface area contributed by atoms with Crippen LogP contribution in [0.25, 0.3) is 6.08 Å². The summed E-state index contributed by atoms with van der Waals surface area (Å²) in [7, 11) is 1.65. The molecule has 0 radical (unpaired) electrons. The molecule has 0 N–H and O–H groups in total. The molecule has 0 aliphatic carbocycles. The summed E-state index contributed by atoms with van der Waals surface area (Å²) in [5.74, 6) is 0.219. The number of carbonyl (C=O) groups excluding carboxylic acids is 1. The molecule has 0 bridgehead atoms. The van der Waals surface area contributed by atoms with E-state index in [4.69, 9.17) is 12.2 Å². The third-order valence-corrected chi connectivity index (χ3v) is 7.68. The number of thiocarbonyl (C=S) groups is 1. The number of rotatable bonds is 4. The number of carbonyl (C=O) groups is 1. The molecule has 0 spiro atoms. The third kappa shape index (κ3) is 4.58. The molecule has 2 aliphatic rings. The van der Waals surface area contributed by atoms with E-state index in [1.54, 1.807) is 37.1 Å². The van der Waals surface area contributed by atoms with E-state index in [1.807, 2.05) is 19.9 Å². The molecule has 4 rings (SSSR count). The average Bonchev–Trinajstić information content (AvgIpc) is 3.11. The fraction of sp³-hybridized carbons (Fsp3) is 0.360. The second-order valence-electron chi connectivity index (χ2n) is 8.81. The first-order valence-electron chi connectivity index (χ1n) is 11.3. The molecule has 1 aromatic carbocycles. The fourth-order valence-corrected chi connectivity index (χ4v) is 5.98. The minimum Gasteiger partial charge on any atom is -0.368 e. The van der Waals surface area contributed by atoms with Crippen molar-refractivity contribution >= 4 is 51.8 Å². The first-order valence-corrected chi connectivity index (χ1v) is 12.5. The SMILES string of the molecule is Cc1c(/C=C2/SC(=S)N(C(C)C)C2=O)c(N2CCN(c3ccc(F)cc3)CC2)n(C)c(=O)c1C#N. The van der Waals surface area contributed by atoms with Crippen LogP contribution in [0.3, 0.4) is 0 Å². The number of pyridine rings is 1. The minimum atomic E-state index is -0.368. The first kappa shape index (κ1) is 24.9. The number of piperazine rings is 1. The van der Waals surface area contributed by atoms with Crippen molar-refractivity contribution in [2.24, 2.45) is 7.05 Å². The van der Waals surface area contributed by atoms with Gasteiger partial charge in [0.2, 0.25) is 0 Å². The zero-order chi connectivity index (χ0) is 25.4. The van der Waals surface area contributed by atoms with Crippen LogP contribution in [-0.4, -0.2) is 51.9 Å². The van der Waals surface area contributed by atoms with Gasteiger partial charge in [0.1, 0.15) is 27.6 Å². The highest BCUT2D eigenvalue weighted by atomic mass is 32.2. The van der Waals surface area contributed by atoms with E-state index in [9.17, 15) is 19.2 Å². The molecule has 0 atom stereocenters. The van der Waals surface area contributed by atoms with Gasteiger partial charge in [-0.05, 0) is 56.7 Å². The molecule has 2 aliphatic heterocycles. The zero-order valence-corrected chi connectivity index (χ0v) is 21.7. The first-order chi connectivity index (χ1) is 16.6. The molecule has 0 saturated carbocycles. The fourth-order valence-electron chi connectivity index (χ4n) is 4.48. The van der Waals surface area contributed by atoms with Gasteiger partial charge in [0.15, 0.2) is 0 Å². The maximum atomic E-state index is 13.3. The Morgan fingerprint density at radius 1 is 1.11 bits per heavy atom. The van der Waals surface area contributed by atoms with Crippen LogP contribution >= 0.6 is 24.0 Å². The summed E-state index contributed by atoms with van der Waals surface area (Å²) >= 11 is 6.65. The van der Waals surface area contributed by atoms with Crippen molar-refractivity contribution in [1.82, 2.24) is 9.47 Å². The van der Waals surface area contributed by atoms with E-state index in [0.717, 1.165) is 5.69 Å². The van der Waals surface area contributed by atoms with Gasteiger partial charge in [0, 0.05) is 50.5 Å². The maximum absolute atomic E-state index is 13.3. The topological polar surface area (TPSA) is 72.6 Å². The van der Waals surface area contributed by atoms with Gasteiger partial charge in [-0.15, -0.1) is 0 Å². The molecule has 2 fully saturated rings. The van der Waals surface area contributed by atoms with Crippen LogP contribution in [0.1, 0.15) is 30.5 Å². The summed E-state index contributed by atoms with van der Waals surface area (Å²) in [6.07, 6.45) is 1.76. The van der Waals surface area contributed by atoms with E-state index >= 15 is 0 Å². The standard InChI is InChI=1S/C25H26FN5O2S2/c1-15(2)31-24(33)21(35-25(31)34)13-19-16(3)20(14-27)23(32)28(4)22(19)30-11-9-29(10-12-30)18-7-5-17(26)6-8-18/h5-8,13,15H,9-12H2,1-4H3/b21-13+. The van der Waals surface area contributed by atoms with Crippen LogP contribution in [0.4, 0.5) is 15.9 Å². The number of anilines is 2. The molecule has 10 heteroatoms. The Morgan fingerprint density at radius 2 is 1.71 bits per heavy atom. The quantitative estimate of drug-likeness (QED) is 0.458. The van der Waals surface area contributed by atoms with Crippen molar-refractivity contribution in [2.75, 3.05) is 36.0 Å². The molecule has 7 nitrogen and oxygen atoms in total. The minimum absolute atomic E-state index is 0.0618. The number of aromatic nitrogens is 1. The average molecular weight is 512 g/mol. The Labute approximate surface area is 213 Å². The zero-order valence-electron chi connectivity index (χ0n) is 20.0. The van der Waals surface area contributed by atoms with Crippen LogP contribution in [0.2, 0.25) is 0 Å². The van der Waals surface area contributed by atoms with Crippen molar-refractivity contribution in [3.8, 4) is 6.07 Å². The molecule has 35 heavy (non-hydrogen) atoms. The number of halogens is 1. The van der Waals surface area contributed by atoms with Crippen molar-refractivity contribution in [3.05, 3.63) is 62.0 Å². The Balaban J connectivity index is 1.74. The summed E-state index contributed by atoms with van der Waals surface area (Å²) in [4.78, 5) is 32.4. The summed E-state index contributed by atoms with van der Waals surface area (Å²) in [5, 5.41) is 9.67. The van der Waals surface area contributed by atoms with Gasteiger partial charge in [-0.25, -0.2) is 4.39 Å². The summed E-state index contributed by atoms with van der Waals surface area (Å²) in [5.41, 5.74) is 1.85. The number of amides is 1. The van der Waals surface area contributed by atoms with Gasteiger partial charge in [-0.3, -0.25) is 19.1 Å². The lowest BCUT2D eigenvalue weighted by Gasteiger charge is -2.38. The van der Waals surface area contributed by atoms with E-state index in [1.165, 1.54) is 28.5 Å². The monoisotopic (exact) mass is 511 g/mol. The largest absolute Gasteiger partial charge is 0.368 e. The van der Waals surface area contributed by atoms with Crippen LogP contribution in [0.5, 0.6) is 0 Å². The van der Waals surface area contributed by atoms with Crippen molar-refractivity contribution < 1.29 is 9.18 Å². The van der Waals surface area contributed by atoms with E-state index < -0.39 is 0 Å². The summed E-state index contributed by atoms with van der Waals surface area (Å²) in [6, 6.07) is 8.37. The normalized spacial score (nSPS) is 17.6. The van der Waals surface area contributed by atoms with Crippen LogP contribution in [-0.2, 0) is 11.8 Å². The molecule has 2 aromatic rings. The third-order valence-electron chi connectivity index (χ3n) is 6.35. The van der Waals surface area contributed by atoms with Crippen LogP contribution < -0.4 is 15.4 Å². The highest BCUT2D eigenvalue weighted by Gasteiger charge is 2.35. The predicted octanol–water partition coefficient (Wildman–Crippen LogP) is 3.64. The van der Waals surface area contributed by atoms with Crippen LogP contribution in [0, 0.1) is 24.1 Å². The molecule has 2 saturated heterocycles.